The minimum absolute atomic E-state index is 0.00537. The van der Waals surface area contributed by atoms with Gasteiger partial charge in [0.15, 0.2) is 0 Å². The zero-order valence-corrected chi connectivity index (χ0v) is 10.9. The molecule has 3 N–H and O–H groups in total. The van der Waals surface area contributed by atoms with Crippen LogP contribution in [0, 0.1) is 5.82 Å². The predicted octanol–water partition coefficient (Wildman–Crippen LogP) is 2.59. The number of benzene rings is 2. The molecule has 2 rings (SSSR count). The van der Waals surface area contributed by atoms with Crippen LogP contribution in [0.1, 0.15) is 31.1 Å². The minimum atomic E-state index is -1.38. The maximum absolute atomic E-state index is 13.4. The third-order valence-electron chi connectivity index (χ3n) is 2.95. The van der Waals surface area contributed by atoms with Crippen LogP contribution in [0.4, 0.5) is 4.39 Å². The molecular weight excluding hydrogens is 295 g/mol. The Kier molecular flexibility index (Phi) is 3.89. The summed E-state index contributed by atoms with van der Waals surface area (Å²) in [5, 5.41) is 27.1. The van der Waals surface area contributed by atoms with Gasteiger partial charge in [-0.2, -0.15) is 0 Å². The van der Waals surface area contributed by atoms with Crippen LogP contribution >= 0.6 is 0 Å². The maximum Gasteiger partial charge on any atom is 0.336 e. The van der Waals surface area contributed by atoms with Crippen molar-refractivity contribution in [1.29, 1.82) is 0 Å². The molecule has 0 aliphatic heterocycles. The Bertz CT molecular complexity index is 764. The van der Waals surface area contributed by atoms with Crippen molar-refractivity contribution in [2.45, 2.75) is 0 Å². The van der Waals surface area contributed by atoms with Crippen LogP contribution in [-0.4, -0.2) is 33.2 Å². The first-order chi connectivity index (χ1) is 10.3. The molecule has 6 nitrogen and oxygen atoms in total. The smallest absolute Gasteiger partial charge is 0.336 e. The highest BCUT2D eigenvalue weighted by atomic mass is 19.1. The highest BCUT2D eigenvalue weighted by molar-refractivity contribution is 6.00. The summed E-state index contributed by atoms with van der Waals surface area (Å²) < 4.78 is 13.4. The molecule has 0 amide bonds. The second-order valence-corrected chi connectivity index (χ2v) is 4.40. The van der Waals surface area contributed by atoms with Crippen LogP contribution in [-0.2, 0) is 0 Å². The standard InChI is InChI=1S/C15H9FO6/c16-10-1-2-11(15(21)22)12(6-10)7-3-8(13(17)18)5-9(4-7)14(19)20/h1-6H,(H,17,18)(H,19,20)(H,21,22). The topological polar surface area (TPSA) is 112 Å². The van der Waals surface area contributed by atoms with Gasteiger partial charge < -0.3 is 15.3 Å². The van der Waals surface area contributed by atoms with Gasteiger partial charge in [-0.25, -0.2) is 18.8 Å². The molecule has 7 heteroatoms. The molecule has 0 fully saturated rings. The van der Waals surface area contributed by atoms with E-state index in [-0.39, 0.29) is 27.8 Å². The Labute approximate surface area is 123 Å². The third kappa shape index (κ3) is 2.93. The third-order valence-corrected chi connectivity index (χ3v) is 2.95. The number of halogens is 1. The summed E-state index contributed by atoms with van der Waals surface area (Å²) in [5.41, 5.74) is -1.04. The quantitative estimate of drug-likeness (QED) is 0.800. The Balaban J connectivity index is 2.76. The Morgan fingerprint density at radius 2 is 1.32 bits per heavy atom. The second-order valence-electron chi connectivity index (χ2n) is 4.40. The monoisotopic (exact) mass is 304 g/mol. The van der Waals surface area contributed by atoms with Gasteiger partial charge in [0.05, 0.1) is 16.7 Å². The highest BCUT2D eigenvalue weighted by Crippen LogP contribution is 2.27. The number of carbonyl (C=O) groups is 3. The molecule has 0 saturated heterocycles. The minimum Gasteiger partial charge on any atom is -0.478 e. The number of carboxylic acid groups (broad SMARTS) is 3. The van der Waals surface area contributed by atoms with E-state index >= 15 is 0 Å². The molecule has 0 heterocycles. The van der Waals surface area contributed by atoms with Crippen molar-refractivity contribution in [3.8, 4) is 11.1 Å². The number of hydrogen-bond donors (Lipinski definition) is 3. The predicted molar refractivity (Wildman–Crippen MR) is 72.7 cm³/mol. The van der Waals surface area contributed by atoms with Gasteiger partial charge in [-0.3, -0.25) is 0 Å². The lowest BCUT2D eigenvalue weighted by molar-refractivity contribution is 0.0683. The largest absolute Gasteiger partial charge is 0.478 e. The molecule has 0 aliphatic carbocycles. The summed E-state index contributed by atoms with van der Waals surface area (Å²) in [5.74, 6) is -4.82. The fourth-order valence-corrected chi connectivity index (χ4v) is 1.97. The Morgan fingerprint density at radius 3 is 1.77 bits per heavy atom. The average molecular weight is 304 g/mol. The molecule has 0 radical (unpaired) electrons. The van der Waals surface area contributed by atoms with Crippen molar-refractivity contribution in [1.82, 2.24) is 0 Å². The van der Waals surface area contributed by atoms with E-state index in [1.165, 1.54) is 0 Å². The van der Waals surface area contributed by atoms with E-state index in [0.717, 1.165) is 36.4 Å². The molecule has 2 aromatic rings. The summed E-state index contributed by atoms with van der Waals surface area (Å²) in [6.45, 7) is 0. The van der Waals surface area contributed by atoms with Gasteiger partial charge in [-0.15, -0.1) is 0 Å². The number of aromatic carboxylic acids is 3. The second kappa shape index (κ2) is 5.65. The fraction of sp³-hybridized carbons (Fsp3) is 0. The molecule has 0 aliphatic rings. The first kappa shape index (κ1) is 15.2. The van der Waals surface area contributed by atoms with E-state index in [2.05, 4.69) is 0 Å². The lowest BCUT2D eigenvalue weighted by Crippen LogP contribution is -2.05. The van der Waals surface area contributed by atoms with Crippen LogP contribution in [0.5, 0.6) is 0 Å². The molecule has 0 bridgehead atoms. The van der Waals surface area contributed by atoms with Crippen molar-refractivity contribution in [2.75, 3.05) is 0 Å². The van der Waals surface area contributed by atoms with Crippen molar-refractivity contribution in [3.63, 3.8) is 0 Å². The van der Waals surface area contributed by atoms with E-state index in [9.17, 15) is 18.8 Å². The van der Waals surface area contributed by atoms with Gasteiger partial charge in [0, 0.05) is 0 Å². The molecule has 0 atom stereocenters. The van der Waals surface area contributed by atoms with E-state index in [0.29, 0.717) is 0 Å². The summed E-state index contributed by atoms with van der Waals surface area (Å²) >= 11 is 0. The normalized spacial score (nSPS) is 10.2. The zero-order valence-electron chi connectivity index (χ0n) is 10.9. The van der Waals surface area contributed by atoms with E-state index < -0.39 is 23.7 Å². The molecule has 112 valence electrons. The summed E-state index contributed by atoms with van der Waals surface area (Å²) in [4.78, 5) is 33.3. The number of rotatable bonds is 4. The molecule has 0 aromatic heterocycles. The molecule has 0 saturated carbocycles. The number of carboxylic acids is 3. The fourth-order valence-electron chi connectivity index (χ4n) is 1.97. The molecular formula is C15H9FO6. The van der Waals surface area contributed by atoms with E-state index in [4.69, 9.17) is 15.3 Å². The van der Waals surface area contributed by atoms with Crippen LogP contribution in [0.3, 0.4) is 0 Å². The summed E-state index contributed by atoms with van der Waals surface area (Å²) in [7, 11) is 0. The SMILES string of the molecule is O=C(O)c1cc(C(=O)O)cc(-c2cc(F)ccc2C(=O)O)c1. The zero-order chi connectivity index (χ0) is 16.4. The van der Waals surface area contributed by atoms with Crippen LogP contribution in [0.25, 0.3) is 11.1 Å². The average Bonchev–Trinajstić information content (AvgIpc) is 2.46. The van der Waals surface area contributed by atoms with Crippen molar-refractivity contribution >= 4 is 17.9 Å². The highest BCUT2D eigenvalue weighted by Gasteiger charge is 2.17. The van der Waals surface area contributed by atoms with Gasteiger partial charge in [0.25, 0.3) is 0 Å². The van der Waals surface area contributed by atoms with Gasteiger partial charge in [0.2, 0.25) is 0 Å². The lowest BCUT2D eigenvalue weighted by Gasteiger charge is -2.09. The molecule has 22 heavy (non-hydrogen) atoms. The van der Waals surface area contributed by atoms with Gasteiger partial charge in [-0.1, -0.05) is 0 Å². The lowest BCUT2D eigenvalue weighted by atomic mass is 9.95. The van der Waals surface area contributed by atoms with Crippen molar-refractivity contribution in [3.05, 3.63) is 58.9 Å². The maximum atomic E-state index is 13.4. The molecule has 2 aromatic carbocycles. The number of hydrogen-bond acceptors (Lipinski definition) is 3. The molecule has 0 spiro atoms. The molecule has 0 unspecified atom stereocenters. The van der Waals surface area contributed by atoms with E-state index in [1.54, 1.807) is 0 Å². The van der Waals surface area contributed by atoms with Gasteiger partial charge >= 0.3 is 17.9 Å². The van der Waals surface area contributed by atoms with Crippen molar-refractivity contribution in [2.24, 2.45) is 0 Å². The first-order valence-corrected chi connectivity index (χ1v) is 5.94. The van der Waals surface area contributed by atoms with Crippen molar-refractivity contribution < 1.29 is 34.1 Å². The Hall–Kier alpha value is -3.22. The van der Waals surface area contributed by atoms with Crippen LogP contribution in [0.15, 0.2) is 36.4 Å². The first-order valence-electron chi connectivity index (χ1n) is 5.94. The summed E-state index contributed by atoms with van der Waals surface area (Å²) in [6.07, 6.45) is 0. The van der Waals surface area contributed by atoms with Gasteiger partial charge in [-0.05, 0) is 47.5 Å². The van der Waals surface area contributed by atoms with Crippen LogP contribution < -0.4 is 0 Å². The Morgan fingerprint density at radius 1 is 0.773 bits per heavy atom. The summed E-state index contributed by atoms with van der Waals surface area (Å²) in [6, 6.07) is 6.02. The van der Waals surface area contributed by atoms with Gasteiger partial charge in [0.1, 0.15) is 5.82 Å². The van der Waals surface area contributed by atoms with Crippen LogP contribution in [0.2, 0.25) is 0 Å². The van der Waals surface area contributed by atoms with E-state index in [1.807, 2.05) is 0 Å².